The number of thiocarbonyl (C=S) groups is 1. The quantitative estimate of drug-likeness (QED) is 0.813. The van der Waals surface area contributed by atoms with Gasteiger partial charge in [-0.1, -0.05) is 12.8 Å². The van der Waals surface area contributed by atoms with Crippen molar-refractivity contribution in [2.24, 2.45) is 5.92 Å². The Morgan fingerprint density at radius 3 is 2.68 bits per heavy atom. The highest BCUT2D eigenvalue weighted by Gasteiger charge is 2.24. The number of fused-ring (bicyclic) bond motifs is 1. The monoisotopic (exact) mass is 333 g/mol. The molecule has 0 aromatic carbocycles. The Kier molecular flexibility index (Phi) is 4.74. The molecular weight excluding hydrogens is 314 g/mol. The van der Waals surface area contributed by atoms with E-state index in [1.54, 1.807) is 11.3 Å². The van der Waals surface area contributed by atoms with E-state index >= 15 is 0 Å². The maximum absolute atomic E-state index is 12.1. The van der Waals surface area contributed by atoms with Crippen LogP contribution in [0.25, 0.3) is 0 Å². The standard InChI is InChI=1S/C16H19N3OS2/c17-9-12-11-7-3-4-8-13(11)22-15(12)19-16(21)18-14(20)10-5-1-2-6-10/h10H,1-8H2,(H2,18,19,20,21). The highest BCUT2D eigenvalue weighted by atomic mass is 32.1. The lowest BCUT2D eigenvalue weighted by molar-refractivity contribution is -0.123. The van der Waals surface area contributed by atoms with Gasteiger partial charge >= 0.3 is 0 Å². The highest BCUT2D eigenvalue weighted by Crippen LogP contribution is 2.37. The number of hydrogen-bond acceptors (Lipinski definition) is 4. The van der Waals surface area contributed by atoms with Crippen molar-refractivity contribution < 1.29 is 4.79 Å². The normalized spacial score (nSPS) is 17.6. The average Bonchev–Trinajstić information content (AvgIpc) is 3.14. The lowest BCUT2D eigenvalue weighted by atomic mass is 9.96. The van der Waals surface area contributed by atoms with Crippen LogP contribution in [-0.4, -0.2) is 11.0 Å². The van der Waals surface area contributed by atoms with Gasteiger partial charge in [0, 0.05) is 10.8 Å². The molecule has 6 heteroatoms. The summed E-state index contributed by atoms with van der Waals surface area (Å²) in [5.41, 5.74) is 1.88. The number of rotatable bonds is 2. The molecule has 0 bridgehead atoms. The van der Waals surface area contributed by atoms with Gasteiger partial charge < -0.3 is 10.6 Å². The molecule has 1 heterocycles. The van der Waals surface area contributed by atoms with Crippen LogP contribution in [0.2, 0.25) is 0 Å². The molecule has 4 nitrogen and oxygen atoms in total. The van der Waals surface area contributed by atoms with Gasteiger partial charge in [-0.25, -0.2) is 0 Å². The minimum absolute atomic E-state index is 0.00910. The molecule has 2 aliphatic rings. The zero-order chi connectivity index (χ0) is 15.5. The first-order chi connectivity index (χ1) is 10.7. The fourth-order valence-corrected chi connectivity index (χ4v) is 4.82. The second-order valence-corrected chi connectivity index (χ2v) is 7.47. The van der Waals surface area contributed by atoms with Crippen molar-refractivity contribution in [1.82, 2.24) is 5.32 Å². The summed E-state index contributed by atoms with van der Waals surface area (Å²) in [6.45, 7) is 0. The van der Waals surface area contributed by atoms with Crippen LogP contribution < -0.4 is 10.6 Å². The zero-order valence-corrected chi connectivity index (χ0v) is 14.0. The summed E-state index contributed by atoms with van der Waals surface area (Å²) in [6, 6.07) is 2.29. The summed E-state index contributed by atoms with van der Waals surface area (Å²) in [5.74, 6) is 0.0987. The van der Waals surface area contributed by atoms with Crippen molar-refractivity contribution in [1.29, 1.82) is 5.26 Å². The number of carbonyl (C=O) groups excluding carboxylic acids is 1. The molecule has 0 atom stereocenters. The van der Waals surface area contributed by atoms with E-state index in [9.17, 15) is 10.1 Å². The first-order valence-corrected chi connectivity index (χ1v) is 9.08. The first kappa shape index (κ1) is 15.4. The molecule has 2 N–H and O–H groups in total. The summed E-state index contributed by atoms with van der Waals surface area (Å²) in [6.07, 6.45) is 8.47. The molecule has 1 saturated carbocycles. The minimum atomic E-state index is 0.00910. The summed E-state index contributed by atoms with van der Waals surface area (Å²) in [7, 11) is 0. The third-order valence-electron chi connectivity index (χ3n) is 4.47. The van der Waals surface area contributed by atoms with E-state index in [-0.39, 0.29) is 11.8 Å². The minimum Gasteiger partial charge on any atom is -0.323 e. The fraction of sp³-hybridized carbons (Fsp3) is 0.562. The van der Waals surface area contributed by atoms with E-state index in [0.29, 0.717) is 10.7 Å². The van der Waals surface area contributed by atoms with E-state index in [1.807, 2.05) is 0 Å². The zero-order valence-electron chi connectivity index (χ0n) is 12.4. The Balaban J connectivity index is 1.67. The predicted molar refractivity (Wildman–Crippen MR) is 92.0 cm³/mol. The number of nitrogens with one attached hydrogen (secondary N) is 2. The van der Waals surface area contributed by atoms with Crippen molar-refractivity contribution in [3.05, 3.63) is 16.0 Å². The number of amides is 1. The number of hydrogen-bond donors (Lipinski definition) is 2. The van der Waals surface area contributed by atoms with Crippen molar-refractivity contribution >= 4 is 39.6 Å². The van der Waals surface area contributed by atoms with Crippen LogP contribution in [0, 0.1) is 17.2 Å². The Morgan fingerprint density at radius 1 is 1.23 bits per heavy atom. The Hall–Kier alpha value is -1.45. The molecule has 3 rings (SSSR count). The fourth-order valence-electron chi connectivity index (χ4n) is 3.31. The van der Waals surface area contributed by atoms with Gasteiger partial charge in [-0.2, -0.15) is 5.26 Å². The number of nitrogens with zero attached hydrogens (tertiary/aromatic N) is 1. The molecule has 2 aliphatic carbocycles. The van der Waals surface area contributed by atoms with Gasteiger partial charge in [0.05, 0.1) is 5.56 Å². The molecule has 116 valence electrons. The molecule has 0 unspecified atom stereocenters. The van der Waals surface area contributed by atoms with Gasteiger partial charge in [0.15, 0.2) is 5.11 Å². The Morgan fingerprint density at radius 2 is 1.95 bits per heavy atom. The van der Waals surface area contributed by atoms with Gasteiger partial charge in [-0.3, -0.25) is 4.79 Å². The molecule has 1 aromatic heterocycles. The number of thiophene rings is 1. The second kappa shape index (κ2) is 6.76. The van der Waals surface area contributed by atoms with Gasteiger partial charge in [-0.15, -0.1) is 11.3 Å². The summed E-state index contributed by atoms with van der Waals surface area (Å²) in [5, 5.41) is 16.4. The number of carbonyl (C=O) groups is 1. The van der Waals surface area contributed by atoms with Crippen molar-refractivity contribution in [2.45, 2.75) is 51.4 Å². The van der Waals surface area contributed by atoms with E-state index in [4.69, 9.17) is 12.2 Å². The van der Waals surface area contributed by atoms with Crippen LogP contribution >= 0.6 is 23.6 Å². The van der Waals surface area contributed by atoms with Crippen molar-refractivity contribution in [3.63, 3.8) is 0 Å². The summed E-state index contributed by atoms with van der Waals surface area (Å²) < 4.78 is 0. The summed E-state index contributed by atoms with van der Waals surface area (Å²) >= 11 is 6.85. The lowest BCUT2D eigenvalue weighted by Crippen LogP contribution is -2.37. The highest BCUT2D eigenvalue weighted by molar-refractivity contribution is 7.80. The maximum Gasteiger partial charge on any atom is 0.229 e. The molecule has 0 aliphatic heterocycles. The second-order valence-electron chi connectivity index (χ2n) is 5.95. The lowest BCUT2D eigenvalue weighted by Gasteiger charge is -2.12. The molecular formula is C16H19N3OS2. The number of nitriles is 1. The van der Waals surface area contributed by atoms with E-state index < -0.39 is 0 Å². The maximum atomic E-state index is 12.1. The topological polar surface area (TPSA) is 64.9 Å². The number of anilines is 1. The Bertz CT molecular complexity index is 639. The Labute approximate surface area is 139 Å². The molecule has 1 fully saturated rings. The average molecular weight is 333 g/mol. The largest absolute Gasteiger partial charge is 0.323 e. The van der Waals surface area contributed by atoms with E-state index in [0.717, 1.165) is 49.9 Å². The SMILES string of the molecule is N#Cc1c(NC(=S)NC(=O)C2CCCC2)sc2c1CCCC2. The van der Waals surface area contributed by atoms with Gasteiger partial charge in [-0.05, 0) is 56.3 Å². The molecule has 0 saturated heterocycles. The van der Waals surface area contributed by atoms with E-state index in [2.05, 4.69) is 16.7 Å². The van der Waals surface area contributed by atoms with Crippen LogP contribution in [0.5, 0.6) is 0 Å². The molecule has 0 radical (unpaired) electrons. The van der Waals surface area contributed by atoms with Crippen molar-refractivity contribution in [2.75, 3.05) is 5.32 Å². The van der Waals surface area contributed by atoms with Crippen molar-refractivity contribution in [3.8, 4) is 6.07 Å². The van der Waals surface area contributed by atoms with Gasteiger partial charge in [0.25, 0.3) is 0 Å². The number of aryl methyl sites for hydroxylation is 1. The molecule has 0 spiro atoms. The van der Waals surface area contributed by atoms with Crippen LogP contribution in [0.1, 0.15) is 54.5 Å². The molecule has 22 heavy (non-hydrogen) atoms. The van der Waals surface area contributed by atoms with Crippen LogP contribution in [-0.2, 0) is 17.6 Å². The third-order valence-corrected chi connectivity index (χ3v) is 5.88. The predicted octanol–water partition coefficient (Wildman–Crippen LogP) is 3.50. The third kappa shape index (κ3) is 3.16. The van der Waals surface area contributed by atoms with Gasteiger partial charge in [0.1, 0.15) is 11.1 Å². The molecule has 1 aromatic rings. The van der Waals surface area contributed by atoms with E-state index in [1.165, 1.54) is 16.9 Å². The smallest absolute Gasteiger partial charge is 0.229 e. The van der Waals surface area contributed by atoms with Crippen LogP contribution in [0.3, 0.4) is 0 Å². The summed E-state index contributed by atoms with van der Waals surface area (Å²) in [4.78, 5) is 13.4. The first-order valence-electron chi connectivity index (χ1n) is 7.85. The van der Waals surface area contributed by atoms with Crippen LogP contribution in [0.4, 0.5) is 5.00 Å². The van der Waals surface area contributed by atoms with Gasteiger partial charge in [0.2, 0.25) is 5.91 Å². The van der Waals surface area contributed by atoms with Crippen LogP contribution in [0.15, 0.2) is 0 Å². The molecule has 1 amide bonds.